The van der Waals surface area contributed by atoms with Gasteiger partial charge in [0.15, 0.2) is 5.52 Å². The van der Waals surface area contributed by atoms with Crippen LogP contribution in [-0.2, 0) is 15.0 Å². The molecule has 2 saturated heterocycles. The number of anilines is 1. The third kappa shape index (κ3) is 3.19. The van der Waals surface area contributed by atoms with E-state index in [2.05, 4.69) is 32.5 Å². The number of carbonyl (C=O) groups excluding carboxylic acids is 2. The first kappa shape index (κ1) is 19.9. The van der Waals surface area contributed by atoms with Crippen molar-refractivity contribution in [3.05, 3.63) is 48.5 Å². The number of amides is 2. The molecule has 0 radical (unpaired) electrons. The topological polar surface area (TPSA) is 121 Å². The van der Waals surface area contributed by atoms with Crippen LogP contribution in [0.4, 0.5) is 5.69 Å². The van der Waals surface area contributed by atoms with E-state index in [1.165, 1.54) is 0 Å². The maximum atomic E-state index is 12.9. The van der Waals surface area contributed by atoms with Crippen LogP contribution in [0.5, 0.6) is 5.88 Å². The van der Waals surface area contributed by atoms with Gasteiger partial charge in [-0.25, -0.2) is 9.97 Å². The molecule has 1 aromatic carbocycles. The number of hydrogen-bond acceptors (Lipinski definition) is 6. The van der Waals surface area contributed by atoms with Gasteiger partial charge in [-0.1, -0.05) is 18.7 Å². The zero-order chi connectivity index (χ0) is 22.6. The minimum atomic E-state index is -0.446. The predicted octanol–water partition coefficient (Wildman–Crippen LogP) is 2.23. The molecule has 3 aliphatic heterocycles. The average molecular weight is 444 g/mol. The number of H-pyrrole nitrogens is 1. The largest absolute Gasteiger partial charge is 0.442 e. The third-order valence-corrected chi connectivity index (χ3v) is 7.01. The standard InChI is InChI=1S/C24H24N6O3/c1-13(15-9-20(31)26-11-15)33-22-21-19(27-12-28-21)10-17(29-22)14-2-3-16-18(8-14)30-23(32)24(16)4-6-25-7-5-24/h2-3,8,10,12,15,25H,1,4-7,9,11H2,(H,26,31)(H,27,28)(H,30,32)/t15-/m1/s1. The number of pyridine rings is 1. The fraction of sp³-hybridized carbons (Fsp3) is 0.333. The molecule has 2 aromatic heterocycles. The van der Waals surface area contributed by atoms with E-state index in [4.69, 9.17) is 9.72 Å². The molecule has 5 heterocycles. The lowest BCUT2D eigenvalue weighted by Gasteiger charge is -2.32. The molecule has 0 aliphatic carbocycles. The number of rotatable bonds is 4. The van der Waals surface area contributed by atoms with Gasteiger partial charge in [0.05, 0.1) is 23.0 Å². The van der Waals surface area contributed by atoms with Crippen molar-refractivity contribution in [2.45, 2.75) is 24.7 Å². The second kappa shape index (κ2) is 7.41. The van der Waals surface area contributed by atoms with Crippen LogP contribution in [0, 0.1) is 5.92 Å². The fourth-order valence-corrected chi connectivity index (χ4v) is 5.11. The maximum Gasteiger partial charge on any atom is 0.247 e. The quantitative estimate of drug-likeness (QED) is 0.458. The monoisotopic (exact) mass is 444 g/mol. The van der Waals surface area contributed by atoms with Gasteiger partial charge >= 0.3 is 0 Å². The van der Waals surface area contributed by atoms with Crippen molar-refractivity contribution < 1.29 is 14.3 Å². The molecular formula is C24H24N6O3. The van der Waals surface area contributed by atoms with Crippen LogP contribution in [0.2, 0.25) is 0 Å². The van der Waals surface area contributed by atoms with E-state index in [1.54, 1.807) is 6.33 Å². The molecule has 3 aromatic rings. The van der Waals surface area contributed by atoms with Crippen molar-refractivity contribution in [2.24, 2.45) is 5.92 Å². The second-order valence-electron chi connectivity index (χ2n) is 8.93. The molecule has 0 unspecified atom stereocenters. The Bertz CT molecular complexity index is 1310. The summed E-state index contributed by atoms with van der Waals surface area (Å²) in [6.07, 6.45) is 3.53. The molecule has 0 saturated carbocycles. The number of hydrogen-bond donors (Lipinski definition) is 4. The lowest BCUT2D eigenvalue weighted by Crippen LogP contribution is -2.44. The molecular weight excluding hydrogens is 420 g/mol. The summed E-state index contributed by atoms with van der Waals surface area (Å²) in [4.78, 5) is 36.7. The number of aromatic amines is 1. The van der Waals surface area contributed by atoms with Crippen molar-refractivity contribution in [3.63, 3.8) is 0 Å². The highest BCUT2D eigenvalue weighted by Gasteiger charge is 2.47. The van der Waals surface area contributed by atoms with E-state index in [-0.39, 0.29) is 17.7 Å². The molecule has 6 rings (SSSR count). The molecule has 1 atom stereocenters. The minimum Gasteiger partial charge on any atom is -0.442 e. The van der Waals surface area contributed by atoms with Gasteiger partial charge in [-0.05, 0) is 43.6 Å². The van der Waals surface area contributed by atoms with Crippen LogP contribution < -0.4 is 20.7 Å². The summed E-state index contributed by atoms with van der Waals surface area (Å²) in [5.74, 6) is 0.786. The van der Waals surface area contributed by atoms with Crippen molar-refractivity contribution in [1.29, 1.82) is 0 Å². The van der Waals surface area contributed by atoms with Gasteiger partial charge in [0.1, 0.15) is 5.76 Å². The molecule has 33 heavy (non-hydrogen) atoms. The van der Waals surface area contributed by atoms with Crippen LogP contribution >= 0.6 is 0 Å². The Morgan fingerprint density at radius 2 is 2.03 bits per heavy atom. The van der Waals surface area contributed by atoms with Crippen molar-refractivity contribution in [2.75, 3.05) is 25.0 Å². The highest BCUT2D eigenvalue weighted by Crippen LogP contribution is 2.45. The van der Waals surface area contributed by atoms with E-state index in [0.717, 1.165) is 48.3 Å². The highest BCUT2D eigenvalue weighted by atomic mass is 16.5. The summed E-state index contributed by atoms with van der Waals surface area (Å²) in [5.41, 5.74) is 4.39. The average Bonchev–Trinajstić information content (AvgIpc) is 3.53. The normalized spacial score (nSPS) is 21.2. The maximum absolute atomic E-state index is 12.9. The molecule has 168 valence electrons. The third-order valence-electron chi connectivity index (χ3n) is 7.01. The van der Waals surface area contributed by atoms with Gasteiger partial charge in [-0.3, -0.25) is 9.59 Å². The number of carbonyl (C=O) groups is 2. The van der Waals surface area contributed by atoms with Crippen molar-refractivity contribution in [1.82, 2.24) is 25.6 Å². The fourth-order valence-electron chi connectivity index (χ4n) is 5.11. The van der Waals surface area contributed by atoms with E-state index >= 15 is 0 Å². The predicted molar refractivity (Wildman–Crippen MR) is 123 cm³/mol. The zero-order valence-corrected chi connectivity index (χ0v) is 18.0. The van der Waals surface area contributed by atoms with Gasteiger partial charge in [0.25, 0.3) is 0 Å². The van der Waals surface area contributed by atoms with Crippen molar-refractivity contribution in [3.8, 4) is 17.1 Å². The summed E-state index contributed by atoms with van der Waals surface area (Å²) in [6.45, 7) is 6.19. The van der Waals surface area contributed by atoms with E-state index in [9.17, 15) is 9.59 Å². The summed E-state index contributed by atoms with van der Waals surface area (Å²) < 4.78 is 6.02. The number of imidazole rings is 1. The number of piperidine rings is 1. The van der Waals surface area contributed by atoms with Gasteiger partial charge in [0.2, 0.25) is 17.7 Å². The summed E-state index contributed by atoms with van der Waals surface area (Å²) in [6, 6.07) is 7.94. The lowest BCUT2D eigenvalue weighted by molar-refractivity contribution is -0.121. The van der Waals surface area contributed by atoms with Gasteiger partial charge in [-0.2, -0.15) is 0 Å². The highest BCUT2D eigenvalue weighted by molar-refractivity contribution is 6.07. The summed E-state index contributed by atoms with van der Waals surface area (Å²) >= 11 is 0. The first-order valence-corrected chi connectivity index (χ1v) is 11.2. The molecule has 2 fully saturated rings. The second-order valence-corrected chi connectivity index (χ2v) is 8.93. The van der Waals surface area contributed by atoms with Crippen LogP contribution in [0.15, 0.2) is 42.9 Å². The lowest BCUT2D eigenvalue weighted by atomic mass is 9.74. The van der Waals surface area contributed by atoms with Crippen LogP contribution in [-0.4, -0.2) is 46.4 Å². The Hall–Kier alpha value is -3.72. The smallest absolute Gasteiger partial charge is 0.247 e. The Kier molecular flexibility index (Phi) is 4.48. The van der Waals surface area contributed by atoms with Crippen LogP contribution in [0.25, 0.3) is 22.3 Å². The molecule has 1 spiro atoms. The SMILES string of the molecule is C=C(Oc1nc(-c2ccc3c(c2)NC(=O)C32CCNCC2)cc2[nH]cnc12)[C@H]1CNC(=O)C1. The summed E-state index contributed by atoms with van der Waals surface area (Å²) in [5, 5.41) is 9.23. The molecule has 3 aliphatic rings. The molecule has 2 amide bonds. The van der Waals surface area contributed by atoms with Crippen molar-refractivity contribution >= 4 is 28.5 Å². The Balaban J connectivity index is 1.36. The zero-order valence-electron chi connectivity index (χ0n) is 18.0. The van der Waals surface area contributed by atoms with E-state index in [0.29, 0.717) is 35.8 Å². The number of nitrogens with one attached hydrogen (secondary N) is 4. The van der Waals surface area contributed by atoms with E-state index < -0.39 is 5.41 Å². The summed E-state index contributed by atoms with van der Waals surface area (Å²) in [7, 11) is 0. The van der Waals surface area contributed by atoms with Crippen LogP contribution in [0.3, 0.4) is 0 Å². The number of ether oxygens (including phenoxy) is 1. The Morgan fingerprint density at radius 1 is 1.18 bits per heavy atom. The first-order valence-electron chi connectivity index (χ1n) is 11.2. The molecule has 9 heteroatoms. The number of benzene rings is 1. The molecule has 4 N–H and O–H groups in total. The molecule has 9 nitrogen and oxygen atoms in total. The first-order chi connectivity index (χ1) is 16.0. The number of fused-ring (bicyclic) bond motifs is 3. The van der Waals surface area contributed by atoms with E-state index in [1.807, 2.05) is 24.3 Å². The Morgan fingerprint density at radius 3 is 2.82 bits per heavy atom. The van der Waals surface area contributed by atoms with Gasteiger partial charge in [-0.15, -0.1) is 0 Å². The Labute approximate surface area is 190 Å². The minimum absolute atomic E-state index is 0.0110. The van der Waals surface area contributed by atoms with Gasteiger partial charge < -0.3 is 25.7 Å². The molecule has 0 bridgehead atoms. The number of nitrogens with zero attached hydrogens (tertiary/aromatic N) is 2. The number of aromatic nitrogens is 3. The van der Waals surface area contributed by atoms with Gasteiger partial charge in [0, 0.05) is 30.1 Å². The van der Waals surface area contributed by atoms with Crippen LogP contribution in [0.1, 0.15) is 24.8 Å².